The van der Waals surface area contributed by atoms with Crippen LogP contribution in [0, 0.1) is 27.7 Å². The van der Waals surface area contributed by atoms with Gasteiger partial charge in [-0.15, -0.1) is 0 Å². The average molecular weight is 1180 g/mol. The van der Waals surface area contributed by atoms with Crippen molar-refractivity contribution in [3.05, 3.63) is 245 Å². The van der Waals surface area contributed by atoms with Crippen molar-refractivity contribution in [2.75, 3.05) is 9.80 Å². The number of hydrogen-bond donors (Lipinski definition) is 1. The summed E-state index contributed by atoms with van der Waals surface area (Å²) in [4.78, 5) is 5.00. The van der Waals surface area contributed by atoms with Crippen LogP contribution in [0.4, 0.5) is 34.1 Å². The van der Waals surface area contributed by atoms with Gasteiger partial charge in [-0.2, -0.15) is 0 Å². The van der Waals surface area contributed by atoms with Crippen molar-refractivity contribution in [3.63, 3.8) is 0 Å². The fourth-order valence-corrected chi connectivity index (χ4v) is 16.3. The van der Waals surface area contributed by atoms with Crippen molar-refractivity contribution >= 4 is 88.4 Å². The summed E-state index contributed by atoms with van der Waals surface area (Å²) >= 11 is 0. The Morgan fingerprint density at radius 1 is 0.356 bits per heavy atom. The molecule has 0 bridgehead atoms. The van der Waals surface area contributed by atoms with E-state index < -0.39 is 0 Å². The van der Waals surface area contributed by atoms with E-state index in [2.05, 4.69) is 265 Å². The molecule has 0 aliphatic heterocycles. The summed E-state index contributed by atoms with van der Waals surface area (Å²) in [7, 11) is 0. The summed E-state index contributed by atoms with van der Waals surface area (Å²) in [6.45, 7) is 18.0. The first-order chi connectivity index (χ1) is 43.9. The fourth-order valence-electron chi connectivity index (χ4n) is 16.3. The summed E-state index contributed by atoms with van der Waals surface area (Å²) in [5.41, 5.74) is 24.8. The molecular weight excluding hydrogens is 1090 g/mol. The van der Waals surface area contributed by atoms with Crippen LogP contribution in [0.1, 0.15) is 160 Å². The lowest BCUT2D eigenvalue weighted by atomic mass is 9.77. The van der Waals surface area contributed by atoms with Gasteiger partial charge in [0.25, 0.3) is 0 Å². The van der Waals surface area contributed by atoms with Crippen LogP contribution in [0.2, 0.25) is 0 Å². The number of phenols is 1. The third-order valence-electron chi connectivity index (χ3n) is 20.6. The van der Waals surface area contributed by atoms with E-state index in [4.69, 9.17) is 4.42 Å². The van der Waals surface area contributed by atoms with Crippen LogP contribution in [0.5, 0.6) is 5.75 Å². The second-order valence-corrected chi connectivity index (χ2v) is 27.1. The molecule has 2 saturated carbocycles. The van der Waals surface area contributed by atoms with Crippen LogP contribution in [0.25, 0.3) is 87.6 Å². The van der Waals surface area contributed by atoms with Gasteiger partial charge in [-0.1, -0.05) is 235 Å². The molecule has 2 fully saturated rings. The van der Waals surface area contributed by atoms with Crippen molar-refractivity contribution in [2.45, 2.75) is 143 Å². The van der Waals surface area contributed by atoms with Gasteiger partial charge < -0.3 is 19.3 Å². The lowest BCUT2D eigenvalue weighted by Gasteiger charge is -2.34. The molecule has 4 nitrogen and oxygen atoms in total. The van der Waals surface area contributed by atoms with Crippen LogP contribution < -0.4 is 9.80 Å². The predicted octanol–water partition coefficient (Wildman–Crippen LogP) is 25.7. The number of aryl methyl sites for hydroxylation is 4. The van der Waals surface area contributed by atoms with Crippen molar-refractivity contribution < 1.29 is 9.52 Å². The van der Waals surface area contributed by atoms with Crippen LogP contribution >= 0.6 is 0 Å². The molecule has 13 aromatic rings. The second kappa shape index (κ2) is 23.4. The van der Waals surface area contributed by atoms with Crippen LogP contribution in [-0.4, -0.2) is 5.11 Å². The summed E-state index contributed by atoms with van der Waals surface area (Å²) in [6, 6.07) is 75.1. The molecule has 2 aliphatic carbocycles. The van der Waals surface area contributed by atoms with Crippen LogP contribution in [0.15, 0.2) is 205 Å². The number of phenolic OH excluding ortho intramolecular Hbond substituents is 1. The Morgan fingerprint density at radius 2 is 0.800 bits per heavy atom. The third-order valence-corrected chi connectivity index (χ3v) is 20.6. The number of aromatic hydroxyl groups is 1. The highest BCUT2D eigenvalue weighted by atomic mass is 16.3. The molecule has 90 heavy (non-hydrogen) atoms. The van der Waals surface area contributed by atoms with E-state index in [0.29, 0.717) is 23.7 Å². The molecule has 0 unspecified atom stereocenters. The van der Waals surface area contributed by atoms with Gasteiger partial charge in [0.05, 0.1) is 22.7 Å². The molecule has 0 amide bonds. The van der Waals surface area contributed by atoms with E-state index in [1.807, 2.05) is 0 Å². The molecule has 4 heteroatoms. The highest BCUT2D eigenvalue weighted by Crippen LogP contribution is 2.56. The van der Waals surface area contributed by atoms with E-state index in [0.717, 1.165) is 104 Å². The van der Waals surface area contributed by atoms with Crippen LogP contribution in [-0.2, 0) is 0 Å². The number of furan rings is 1. The Labute approximate surface area is 531 Å². The van der Waals surface area contributed by atoms with Crippen molar-refractivity contribution in [1.29, 1.82) is 0 Å². The van der Waals surface area contributed by atoms with E-state index >= 15 is 0 Å². The maximum absolute atomic E-state index is 13.4. The maximum atomic E-state index is 13.4. The smallest absolute Gasteiger partial charge is 0.159 e. The van der Waals surface area contributed by atoms with E-state index in [-0.39, 0.29) is 5.75 Å². The Morgan fingerprint density at radius 3 is 1.37 bits per heavy atom. The predicted molar refractivity (Wildman–Crippen MR) is 384 cm³/mol. The highest BCUT2D eigenvalue weighted by molar-refractivity contribution is 6.30. The monoisotopic (exact) mass is 1170 g/mol. The fraction of sp³-hybridized carbons (Fsp3) is 0.256. The first-order valence-electron chi connectivity index (χ1n) is 33.5. The molecule has 448 valence electrons. The van der Waals surface area contributed by atoms with E-state index in [1.54, 1.807) is 0 Å². The summed E-state index contributed by atoms with van der Waals surface area (Å²) in [6.07, 6.45) is 12.0. The molecule has 15 rings (SSSR count). The number of hydrogen-bond acceptors (Lipinski definition) is 4. The number of fused-ring (bicyclic) bond motifs is 3. The molecule has 0 saturated heterocycles. The number of para-hydroxylation sites is 3. The SMILES string of the molecule is Cc1ccc(N(c2cccc(-c3cccc(-c4ccccc4C(C)C)c3)c2O)c2cc(C3CCCCC3)c3ccc4c(N(c5ccc(C)cc5C)c5cccc6c5oc5c(-c7ccccc7C(C)C)cccc56)cc(C5CCCCC5)c5ccc2c3c54)c(C)c1. The molecule has 0 atom stereocenters. The van der Waals surface area contributed by atoms with E-state index in [1.165, 1.54) is 127 Å². The van der Waals surface area contributed by atoms with Crippen molar-refractivity contribution in [1.82, 2.24) is 0 Å². The number of nitrogens with zero attached hydrogens (tertiary/aromatic N) is 2. The molecule has 1 aromatic heterocycles. The molecule has 0 spiro atoms. The minimum absolute atomic E-state index is 0.263. The summed E-state index contributed by atoms with van der Waals surface area (Å²) in [5.74, 6) is 1.75. The standard InChI is InChI=1S/C86H82N2O2/c1-52(2)62-29-15-17-31-64(62)60-27-19-28-61(49-60)65-33-21-37-78(84(65)89)87(76-45-39-54(5)47-56(76)7)80-50-74(58-23-11-9-12-24-58)67-42-44-73-81(51-75(59-25-13-10-14-26-59)68-41-43-72(80)82(67)83(68)73)88(77-46-40-55(6)48-57(77)8)79-38-22-36-71-70-35-20-34-69(85(70)90-86(71)79)66-32-18-16-30-63(66)53(3)4/h15-22,27-53,58-59,89H,9-14,23-26H2,1-8H3. The first kappa shape index (κ1) is 57.3. The topological polar surface area (TPSA) is 39.9 Å². The quantitative estimate of drug-likeness (QED) is 0.117. The molecular formula is C86H82N2O2. The number of benzene rings is 12. The maximum Gasteiger partial charge on any atom is 0.159 e. The van der Waals surface area contributed by atoms with Gasteiger partial charge in [0.2, 0.25) is 0 Å². The zero-order chi connectivity index (χ0) is 61.5. The molecule has 0 radical (unpaired) electrons. The third kappa shape index (κ3) is 9.81. The Kier molecular flexibility index (Phi) is 14.9. The zero-order valence-electron chi connectivity index (χ0n) is 53.7. The van der Waals surface area contributed by atoms with Gasteiger partial charge in [-0.3, -0.25) is 0 Å². The normalized spacial score (nSPS) is 14.4. The van der Waals surface area contributed by atoms with Crippen LogP contribution in [0.3, 0.4) is 0 Å². The lowest BCUT2D eigenvalue weighted by Crippen LogP contribution is -2.15. The van der Waals surface area contributed by atoms with Crippen molar-refractivity contribution in [3.8, 4) is 39.1 Å². The average Bonchev–Trinajstić information content (AvgIpc) is 0.750. The highest BCUT2D eigenvalue weighted by Gasteiger charge is 2.32. The molecule has 1 N–H and O–H groups in total. The first-order valence-corrected chi connectivity index (χ1v) is 33.5. The zero-order valence-corrected chi connectivity index (χ0v) is 53.7. The second-order valence-electron chi connectivity index (χ2n) is 27.1. The van der Waals surface area contributed by atoms with Gasteiger partial charge in [-0.25, -0.2) is 0 Å². The van der Waals surface area contributed by atoms with Gasteiger partial charge in [0.15, 0.2) is 5.58 Å². The Hall–Kier alpha value is -9.12. The number of anilines is 6. The summed E-state index contributed by atoms with van der Waals surface area (Å²) in [5, 5.41) is 23.3. The molecule has 1 heterocycles. The lowest BCUT2D eigenvalue weighted by molar-refractivity contribution is 0.445. The van der Waals surface area contributed by atoms with Gasteiger partial charge in [0, 0.05) is 44.0 Å². The van der Waals surface area contributed by atoms with E-state index in [9.17, 15) is 5.11 Å². The molecule has 12 aromatic carbocycles. The minimum atomic E-state index is 0.263. The van der Waals surface area contributed by atoms with Crippen molar-refractivity contribution in [2.24, 2.45) is 0 Å². The number of rotatable bonds is 13. The van der Waals surface area contributed by atoms with Gasteiger partial charge in [0.1, 0.15) is 11.3 Å². The Bertz CT molecular complexity index is 4890. The largest absolute Gasteiger partial charge is 0.505 e. The molecule has 2 aliphatic rings. The van der Waals surface area contributed by atoms with Gasteiger partial charge >= 0.3 is 0 Å². The summed E-state index contributed by atoms with van der Waals surface area (Å²) < 4.78 is 7.51. The minimum Gasteiger partial charge on any atom is -0.505 e. The Balaban J connectivity index is 1.02. The van der Waals surface area contributed by atoms with Gasteiger partial charge in [-0.05, 0) is 197 Å².